The van der Waals surface area contributed by atoms with Gasteiger partial charge < -0.3 is 24.5 Å². The highest BCUT2D eigenvalue weighted by molar-refractivity contribution is 7.03. The van der Waals surface area contributed by atoms with Gasteiger partial charge in [-0.1, -0.05) is 282 Å². The Hall–Kier alpha value is -12.6. The lowest BCUT2D eigenvalue weighted by Gasteiger charge is -2.50. The summed E-state index contributed by atoms with van der Waals surface area (Å²) < 4.78 is 0. The van der Waals surface area contributed by atoms with Crippen LogP contribution in [0.2, 0.25) is 0 Å². The Labute approximate surface area is 646 Å². The highest BCUT2D eigenvalue weighted by Crippen LogP contribution is 2.59. The van der Waals surface area contributed by atoms with Gasteiger partial charge in [0.05, 0.1) is 11.4 Å². The summed E-state index contributed by atoms with van der Waals surface area (Å²) in [6, 6.07) is 135. The van der Waals surface area contributed by atoms with E-state index in [-0.39, 0.29) is 18.8 Å². The molecule has 3 fully saturated rings. The summed E-state index contributed by atoms with van der Waals surface area (Å²) in [6.07, 6.45) is 6.37. The molecule has 4 unspecified atom stereocenters. The first-order chi connectivity index (χ1) is 54.2. The van der Waals surface area contributed by atoms with Crippen LogP contribution in [0.4, 0.5) is 73.9 Å². The minimum atomic E-state index is -0.254. The fourth-order valence-corrected chi connectivity index (χ4v) is 20.7. The molecule has 7 heteroatoms. The van der Waals surface area contributed by atoms with Gasteiger partial charge in [-0.25, -0.2) is 0 Å². The molecule has 0 amide bonds. The Morgan fingerprint density at radius 3 is 1.07 bits per heavy atom. The summed E-state index contributed by atoms with van der Waals surface area (Å²) in [5.41, 5.74) is 38.3. The Morgan fingerprint density at radius 2 is 0.627 bits per heavy atom. The monoisotopic (exact) mass is 1410 g/mol. The predicted molar refractivity (Wildman–Crippen MR) is 466 cm³/mol. The van der Waals surface area contributed by atoms with Gasteiger partial charge in [0.25, 0.3) is 13.4 Å². The Balaban J connectivity index is 0.892. The number of anilines is 13. The summed E-state index contributed by atoms with van der Waals surface area (Å²) >= 11 is 0. The van der Waals surface area contributed by atoms with Crippen molar-refractivity contribution < 1.29 is 0 Å². The van der Waals surface area contributed by atoms with E-state index in [2.05, 4.69) is 397 Å². The van der Waals surface area contributed by atoms with E-state index in [9.17, 15) is 0 Å². The molecule has 3 bridgehead atoms. The molecule has 6 heterocycles. The van der Waals surface area contributed by atoms with Gasteiger partial charge in [-0.3, -0.25) is 0 Å². The molecule has 0 aromatic heterocycles. The van der Waals surface area contributed by atoms with Crippen LogP contribution < -0.4 is 57.3 Å². The summed E-state index contributed by atoms with van der Waals surface area (Å²) in [4.78, 5) is 13.8. The Morgan fingerprint density at radius 1 is 0.273 bits per heavy atom. The van der Waals surface area contributed by atoms with Crippen LogP contribution in [-0.2, 0) is 5.41 Å². The zero-order valence-electron chi connectivity index (χ0n) is 62.2. The maximum Gasteiger partial charge on any atom is 0.252 e. The smallest absolute Gasteiger partial charge is 0.252 e. The second-order valence-corrected chi connectivity index (χ2v) is 32.6. The number of rotatable bonds is 11. The van der Waals surface area contributed by atoms with E-state index in [0.29, 0.717) is 18.0 Å². The van der Waals surface area contributed by atoms with Crippen LogP contribution in [-0.4, -0.2) is 25.5 Å². The fourth-order valence-electron chi connectivity index (χ4n) is 20.7. The van der Waals surface area contributed by atoms with E-state index in [0.717, 1.165) is 45.2 Å². The van der Waals surface area contributed by atoms with E-state index >= 15 is 0 Å². The van der Waals surface area contributed by atoms with Crippen molar-refractivity contribution in [1.82, 2.24) is 0 Å². The number of nitrogens with zero attached hydrogens (tertiary/aromatic N) is 5. The molecule has 1 aliphatic carbocycles. The third-order valence-electron chi connectivity index (χ3n) is 25.5. The first-order valence-corrected chi connectivity index (χ1v) is 39.7. The van der Waals surface area contributed by atoms with Gasteiger partial charge >= 0.3 is 0 Å². The summed E-state index contributed by atoms with van der Waals surface area (Å²) in [5.74, 6) is 1.45. The Bertz CT molecular complexity index is 5990. The fraction of sp³-hybridized carbons (Fsp3) is 0.126. The van der Waals surface area contributed by atoms with Crippen LogP contribution in [0.5, 0.6) is 0 Å². The first kappa shape index (κ1) is 64.6. The highest BCUT2D eigenvalue weighted by Gasteiger charge is 2.53. The summed E-state index contributed by atoms with van der Waals surface area (Å²) in [6.45, 7) is 6.78. The van der Waals surface area contributed by atoms with Crippen LogP contribution >= 0.6 is 0 Å². The molecule has 7 aliphatic rings. The maximum atomic E-state index is 2.97. The number of piperidine rings is 2. The summed E-state index contributed by atoms with van der Waals surface area (Å²) in [5, 5.41) is 0. The Kier molecular flexibility index (Phi) is 15.0. The van der Waals surface area contributed by atoms with Gasteiger partial charge in [0.1, 0.15) is 0 Å². The lowest BCUT2D eigenvalue weighted by Crippen LogP contribution is -2.65. The van der Waals surface area contributed by atoms with Gasteiger partial charge in [0, 0.05) is 96.9 Å². The van der Waals surface area contributed by atoms with Gasteiger partial charge in [0.15, 0.2) is 0 Å². The lowest BCUT2D eigenvalue weighted by atomic mass is 9.30. The molecule has 0 radical (unpaired) electrons. The van der Waals surface area contributed by atoms with Crippen molar-refractivity contribution in [3.05, 3.63) is 357 Å². The van der Waals surface area contributed by atoms with Crippen molar-refractivity contribution in [2.24, 2.45) is 11.8 Å². The van der Waals surface area contributed by atoms with E-state index in [1.807, 2.05) is 0 Å². The number of hydrogen-bond donors (Lipinski definition) is 0. The minimum Gasteiger partial charge on any atom is -0.365 e. The van der Waals surface area contributed by atoms with Crippen LogP contribution in [0.15, 0.2) is 352 Å². The van der Waals surface area contributed by atoms with Crippen molar-refractivity contribution in [2.45, 2.75) is 70.4 Å². The zero-order chi connectivity index (χ0) is 72.9. The molecular weight excluding hydrogens is 1330 g/mol. The maximum absolute atomic E-state index is 2.97. The molecule has 22 rings (SSSR count). The largest absolute Gasteiger partial charge is 0.365 e. The lowest BCUT2D eigenvalue weighted by molar-refractivity contribution is 0.283. The van der Waals surface area contributed by atoms with E-state index in [1.54, 1.807) is 0 Å². The molecule has 15 aromatic carbocycles. The van der Waals surface area contributed by atoms with Gasteiger partial charge in [-0.15, -0.1) is 0 Å². The standard InChI is InChI=1S/C103H81B2N5/c1-103(2,3)77-61-95-99-96(62-77)110(102-84(72-40-20-8-21-41-72)59-76(69-34-14-5-15-35-69)60-85(102)73-42-22-9-23-43-73)94-66-93-88(65-89(94)104(99)86-48-28-30-50-90(86)107(95)78-44-24-10-25-45-78)105-87-49-29-31-51-91(87)109(101-82(70-36-16-6-17-37-70)57-75(68-32-12-4-13-33-68)58-83(101)71-38-18-7-19-39-71)98-64-81(106-80-53-52-74-54-67(55-80)56-92(74)106)63-97(100(98)105)108(93)79-46-26-11-27-47-79/h4-51,57-67,74,80,92H,52-56H2,1-3H3. The number of fused-ring (bicyclic) bond motifs is 10. The molecule has 2 saturated heterocycles. The quantitative estimate of drug-likeness (QED) is 0.120. The van der Waals surface area contributed by atoms with Gasteiger partial charge in [-0.05, 0) is 223 Å². The van der Waals surface area contributed by atoms with Crippen LogP contribution in [0.25, 0.3) is 66.8 Å². The summed E-state index contributed by atoms with van der Waals surface area (Å²) in [7, 11) is 0. The van der Waals surface area contributed by atoms with E-state index in [4.69, 9.17) is 0 Å². The van der Waals surface area contributed by atoms with Gasteiger partial charge in [-0.2, -0.15) is 0 Å². The molecule has 6 aliphatic heterocycles. The molecule has 110 heavy (non-hydrogen) atoms. The molecule has 0 N–H and O–H groups in total. The average Bonchev–Trinajstić information content (AvgIpc) is 0.703. The predicted octanol–water partition coefficient (Wildman–Crippen LogP) is 22.9. The average molecular weight is 1410 g/mol. The highest BCUT2D eigenvalue weighted by atomic mass is 15.3. The molecule has 4 atom stereocenters. The van der Waals surface area contributed by atoms with Crippen LogP contribution in [0.1, 0.15) is 58.4 Å². The van der Waals surface area contributed by atoms with Crippen molar-refractivity contribution in [1.29, 1.82) is 0 Å². The van der Waals surface area contributed by atoms with Crippen molar-refractivity contribution >= 4 is 120 Å². The molecule has 524 valence electrons. The van der Waals surface area contributed by atoms with E-state index in [1.165, 1.54) is 172 Å². The third-order valence-corrected chi connectivity index (χ3v) is 25.5. The van der Waals surface area contributed by atoms with E-state index < -0.39 is 0 Å². The second kappa shape index (κ2) is 25.5. The third kappa shape index (κ3) is 10.2. The number of para-hydroxylation sites is 4. The minimum absolute atomic E-state index is 0.191. The van der Waals surface area contributed by atoms with Gasteiger partial charge in [0.2, 0.25) is 0 Å². The van der Waals surface area contributed by atoms with Crippen LogP contribution in [0, 0.1) is 11.8 Å². The number of benzene rings is 15. The van der Waals surface area contributed by atoms with Crippen molar-refractivity contribution in [3.63, 3.8) is 0 Å². The van der Waals surface area contributed by atoms with Crippen molar-refractivity contribution in [2.75, 3.05) is 24.5 Å². The topological polar surface area (TPSA) is 16.2 Å². The molecule has 15 aromatic rings. The molecule has 1 saturated carbocycles. The van der Waals surface area contributed by atoms with Crippen molar-refractivity contribution in [3.8, 4) is 66.8 Å². The first-order valence-electron chi connectivity index (χ1n) is 39.7. The second-order valence-electron chi connectivity index (χ2n) is 32.6. The van der Waals surface area contributed by atoms with Crippen LogP contribution in [0.3, 0.4) is 0 Å². The molecule has 5 nitrogen and oxygen atoms in total. The molecular formula is C103H81B2N5. The number of hydrogen-bond acceptors (Lipinski definition) is 5. The zero-order valence-corrected chi connectivity index (χ0v) is 62.2. The molecule has 0 spiro atoms. The SMILES string of the molecule is CC(C)(C)c1cc2c3c(c1)N(c1c(-c4ccccc4)cc(-c4ccccc4)cc1-c1ccccc1)c1cc4c(cc1B3c1ccccc1N2c1ccccc1)B1c2ccccc2N(c2c(-c3ccccc3)cc(-c3ccccc3)cc2-c2ccccc2)c2cc(N3C5CCC6CC(C5)CC63)cc(c21)N4c1ccccc1. The normalized spacial score (nSPS) is 17.3.